The first-order valence-electron chi connectivity index (χ1n) is 4.59. The molecule has 0 aromatic carbocycles. The van der Waals surface area contributed by atoms with Gasteiger partial charge >= 0.3 is 0 Å². The van der Waals surface area contributed by atoms with Gasteiger partial charge in [0.25, 0.3) is 0 Å². The maximum Gasteiger partial charge on any atom is 0.0180 e. The molecule has 0 bridgehead atoms. The van der Waals surface area contributed by atoms with Crippen molar-refractivity contribution in [2.45, 2.75) is 26.7 Å². The van der Waals surface area contributed by atoms with Crippen molar-refractivity contribution < 1.29 is 0 Å². The highest BCUT2D eigenvalue weighted by Gasteiger charge is 2.23. The molecule has 1 heteroatoms. The predicted molar refractivity (Wildman–Crippen MR) is 53.6 cm³/mol. The second-order valence-corrected chi connectivity index (χ2v) is 3.65. The predicted octanol–water partition coefficient (Wildman–Crippen LogP) is 3.18. The standard InChI is InChI=1S/C11H17N/c1-9(7-8-12)3-5-11-6-4-10(11)2/h3,5,7-8,10-12H,4,6H2,1-2H3/b5-3-,9-7-,12-8?. The molecule has 0 spiro atoms. The van der Waals surface area contributed by atoms with Gasteiger partial charge in [-0.3, -0.25) is 0 Å². The van der Waals surface area contributed by atoms with Gasteiger partial charge in [0.15, 0.2) is 0 Å². The molecule has 0 amide bonds. The third-order valence-electron chi connectivity index (χ3n) is 2.64. The second kappa shape index (κ2) is 4.24. The van der Waals surface area contributed by atoms with Crippen LogP contribution in [0.3, 0.4) is 0 Å². The van der Waals surface area contributed by atoms with E-state index in [1.807, 2.05) is 13.0 Å². The SMILES string of the molecule is CC(/C=C\C1CCC1C)=C/C=N. The fraction of sp³-hybridized carbons (Fsp3) is 0.545. The Kier molecular flexibility index (Phi) is 3.27. The molecule has 0 aromatic heterocycles. The molecule has 0 aliphatic heterocycles. The van der Waals surface area contributed by atoms with Crippen LogP contribution in [0, 0.1) is 17.2 Å². The molecule has 1 saturated carbocycles. The van der Waals surface area contributed by atoms with Gasteiger partial charge in [-0.2, -0.15) is 0 Å². The molecule has 66 valence electrons. The van der Waals surface area contributed by atoms with Crippen LogP contribution in [0.25, 0.3) is 0 Å². The molecule has 2 atom stereocenters. The van der Waals surface area contributed by atoms with E-state index in [1.54, 1.807) is 0 Å². The number of hydrogen-bond donors (Lipinski definition) is 1. The fourth-order valence-electron chi connectivity index (χ4n) is 1.44. The lowest BCUT2D eigenvalue weighted by Gasteiger charge is -2.31. The summed E-state index contributed by atoms with van der Waals surface area (Å²) in [6, 6.07) is 0. The highest BCUT2D eigenvalue weighted by Crippen LogP contribution is 2.34. The largest absolute Gasteiger partial charge is 0.309 e. The minimum atomic E-state index is 0.791. The van der Waals surface area contributed by atoms with Crippen LogP contribution < -0.4 is 0 Å². The summed E-state index contributed by atoms with van der Waals surface area (Å²) in [4.78, 5) is 0. The van der Waals surface area contributed by atoms with Gasteiger partial charge in [0.05, 0.1) is 0 Å². The van der Waals surface area contributed by atoms with Crippen LogP contribution in [0.1, 0.15) is 26.7 Å². The summed E-state index contributed by atoms with van der Waals surface area (Å²) in [6.07, 6.45) is 10.3. The lowest BCUT2D eigenvalue weighted by molar-refractivity contribution is 0.251. The van der Waals surface area contributed by atoms with Crippen molar-refractivity contribution >= 4 is 6.21 Å². The number of rotatable bonds is 3. The van der Waals surface area contributed by atoms with Crippen molar-refractivity contribution in [2.24, 2.45) is 11.8 Å². The van der Waals surface area contributed by atoms with E-state index in [4.69, 9.17) is 5.41 Å². The van der Waals surface area contributed by atoms with Gasteiger partial charge in [0.2, 0.25) is 0 Å². The lowest BCUT2D eigenvalue weighted by Crippen LogP contribution is -2.20. The van der Waals surface area contributed by atoms with Crippen LogP contribution in [0.15, 0.2) is 23.8 Å². The summed E-state index contributed by atoms with van der Waals surface area (Å²) >= 11 is 0. The summed E-state index contributed by atoms with van der Waals surface area (Å²) in [5.41, 5.74) is 1.17. The maximum absolute atomic E-state index is 6.88. The Morgan fingerprint density at radius 3 is 2.58 bits per heavy atom. The summed E-state index contributed by atoms with van der Waals surface area (Å²) in [5.74, 6) is 1.66. The van der Waals surface area contributed by atoms with Crippen LogP contribution in [0.5, 0.6) is 0 Å². The van der Waals surface area contributed by atoms with Gasteiger partial charge in [0, 0.05) is 6.21 Å². The molecule has 1 N–H and O–H groups in total. The molecule has 0 saturated heterocycles. The van der Waals surface area contributed by atoms with E-state index in [0.717, 1.165) is 11.8 Å². The molecular formula is C11H17N. The van der Waals surface area contributed by atoms with Gasteiger partial charge in [-0.15, -0.1) is 0 Å². The third kappa shape index (κ3) is 2.33. The zero-order valence-corrected chi connectivity index (χ0v) is 7.88. The molecule has 12 heavy (non-hydrogen) atoms. The molecule has 0 aromatic rings. The normalized spacial score (nSPS) is 30.3. The Hall–Kier alpha value is -0.850. The van der Waals surface area contributed by atoms with Gasteiger partial charge in [0.1, 0.15) is 0 Å². The van der Waals surface area contributed by atoms with Gasteiger partial charge in [-0.25, -0.2) is 0 Å². The quantitative estimate of drug-likeness (QED) is 0.488. The molecule has 1 fully saturated rings. The summed E-state index contributed by atoms with van der Waals surface area (Å²) in [6.45, 7) is 4.33. The zero-order chi connectivity index (χ0) is 8.97. The molecule has 1 aliphatic carbocycles. The maximum atomic E-state index is 6.88. The van der Waals surface area contributed by atoms with Crippen molar-refractivity contribution in [1.29, 1.82) is 5.41 Å². The van der Waals surface area contributed by atoms with E-state index in [9.17, 15) is 0 Å². The molecule has 1 rings (SSSR count). The van der Waals surface area contributed by atoms with Crippen molar-refractivity contribution in [2.75, 3.05) is 0 Å². The van der Waals surface area contributed by atoms with Gasteiger partial charge in [-0.1, -0.05) is 19.1 Å². The van der Waals surface area contributed by atoms with Crippen molar-refractivity contribution in [3.05, 3.63) is 23.8 Å². The van der Waals surface area contributed by atoms with Crippen LogP contribution >= 0.6 is 0 Å². The summed E-state index contributed by atoms with van der Waals surface area (Å²) in [5, 5.41) is 6.88. The van der Waals surface area contributed by atoms with Crippen molar-refractivity contribution in [3.8, 4) is 0 Å². The van der Waals surface area contributed by atoms with Gasteiger partial charge < -0.3 is 5.41 Å². The van der Waals surface area contributed by atoms with Crippen LogP contribution in [0.2, 0.25) is 0 Å². The van der Waals surface area contributed by atoms with E-state index in [1.165, 1.54) is 24.6 Å². The average Bonchev–Trinajstić information content (AvgIpc) is 2.03. The Morgan fingerprint density at radius 1 is 1.42 bits per heavy atom. The Bertz CT molecular complexity index is 213. The van der Waals surface area contributed by atoms with Crippen LogP contribution in [0.4, 0.5) is 0 Å². The first kappa shape index (κ1) is 9.24. The van der Waals surface area contributed by atoms with E-state index >= 15 is 0 Å². The smallest absolute Gasteiger partial charge is 0.0180 e. The Morgan fingerprint density at radius 2 is 2.17 bits per heavy atom. The number of allylic oxidation sites excluding steroid dienone is 4. The highest BCUT2D eigenvalue weighted by atomic mass is 14.3. The minimum absolute atomic E-state index is 0.791. The molecular weight excluding hydrogens is 146 g/mol. The molecule has 0 heterocycles. The Balaban J connectivity index is 2.38. The van der Waals surface area contributed by atoms with E-state index in [0.29, 0.717) is 0 Å². The lowest BCUT2D eigenvalue weighted by atomic mass is 9.75. The first-order valence-corrected chi connectivity index (χ1v) is 4.59. The molecule has 0 radical (unpaired) electrons. The molecule has 2 unspecified atom stereocenters. The van der Waals surface area contributed by atoms with Gasteiger partial charge in [-0.05, 0) is 43.3 Å². The minimum Gasteiger partial charge on any atom is -0.309 e. The second-order valence-electron chi connectivity index (χ2n) is 3.65. The Labute approximate surface area is 74.7 Å². The zero-order valence-electron chi connectivity index (χ0n) is 7.88. The third-order valence-corrected chi connectivity index (χ3v) is 2.64. The topological polar surface area (TPSA) is 23.9 Å². The van der Waals surface area contributed by atoms with Crippen LogP contribution in [-0.2, 0) is 0 Å². The summed E-state index contributed by atoms with van der Waals surface area (Å²) < 4.78 is 0. The summed E-state index contributed by atoms with van der Waals surface area (Å²) in [7, 11) is 0. The van der Waals surface area contributed by atoms with Crippen molar-refractivity contribution in [1.82, 2.24) is 0 Å². The molecule has 1 nitrogen and oxygen atoms in total. The number of hydrogen-bond acceptors (Lipinski definition) is 1. The number of nitrogens with one attached hydrogen (secondary N) is 1. The van der Waals surface area contributed by atoms with E-state index in [2.05, 4.69) is 19.1 Å². The average molecular weight is 163 g/mol. The van der Waals surface area contributed by atoms with E-state index < -0.39 is 0 Å². The molecule has 1 aliphatic rings. The first-order chi connectivity index (χ1) is 5.74. The van der Waals surface area contributed by atoms with E-state index in [-0.39, 0.29) is 0 Å². The van der Waals surface area contributed by atoms with Crippen LogP contribution in [-0.4, -0.2) is 6.21 Å². The fourth-order valence-corrected chi connectivity index (χ4v) is 1.44. The highest BCUT2D eigenvalue weighted by molar-refractivity contribution is 5.69. The monoisotopic (exact) mass is 163 g/mol. The van der Waals surface area contributed by atoms with Crippen molar-refractivity contribution in [3.63, 3.8) is 0 Å².